The van der Waals surface area contributed by atoms with Crippen molar-refractivity contribution in [2.24, 2.45) is 0 Å². The van der Waals surface area contributed by atoms with Gasteiger partial charge in [0.1, 0.15) is 0 Å². The van der Waals surface area contributed by atoms with Crippen molar-refractivity contribution < 1.29 is 0 Å². The predicted molar refractivity (Wildman–Crippen MR) is 60.0 cm³/mol. The van der Waals surface area contributed by atoms with Crippen molar-refractivity contribution in [3.8, 4) is 0 Å². The molecule has 0 unspecified atom stereocenters. The highest BCUT2D eigenvalue weighted by atomic mass is 15.1. The molecule has 1 heterocycles. The van der Waals surface area contributed by atoms with E-state index in [-0.39, 0.29) is 0 Å². The van der Waals surface area contributed by atoms with Crippen molar-refractivity contribution in [3.05, 3.63) is 29.3 Å². The third-order valence-electron chi connectivity index (χ3n) is 3.54. The Morgan fingerprint density at radius 3 is 2.93 bits per heavy atom. The molecule has 2 aliphatic rings. The van der Waals surface area contributed by atoms with Crippen LogP contribution in [-0.2, 0) is 6.42 Å². The molecule has 1 fully saturated rings. The van der Waals surface area contributed by atoms with Gasteiger partial charge in [0.25, 0.3) is 0 Å². The molecule has 0 N–H and O–H groups in total. The molecule has 74 valence electrons. The van der Waals surface area contributed by atoms with Gasteiger partial charge in [0.05, 0.1) is 0 Å². The van der Waals surface area contributed by atoms with E-state index in [1.807, 2.05) is 0 Å². The van der Waals surface area contributed by atoms with Gasteiger partial charge >= 0.3 is 0 Å². The van der Waals surface area contributed by atoms with Crippen molar-refractivity contribution in [1.82, 2.24) is 0 Å². The van der Waals surface area contributed by atoms with Crippen LogP contribution in [0, 0.1) is 0 Å². The smallest absolute Gasteiger partial charge is 0.0399 e. The van der Waals surface area contributed by atoms with E-state index >= 15 is 0 Å². The Labute approximate surface area is 85.7 Å². The molecule has 0 radical (unpaired) electrons. The van der Waals surface area contributed by atoms with Crippen LogP contribution in [0.25, 0.3) is 0 Å². The fraction of sp³-hybridized carbons (Fsp3) is 0.538. The maximum atomic E-state index is 2.41. The zero-order valence-corrected chi connectivity index (χ0v) is 8.79. The molecule has 0 amide bonds. The Bertz CT molecular complexity index is 338. The summed E-state index contributed by atoms with van der Waals surface area (Å²) in [7, 11) is 2.22. The molecule has 3 rings (SSSR count). The van der Waals surface area contributed by atoms with Crippen molar-refractivity contribution in [3.63, 3.8) is 0 Å². The average Bonchev–Trinajstić information content (AvgIpc) is 3.01. The molecule has 1 saturated carbocycles. The summed E-state index contributed by atoms with van der Waals surface area (Å²) >= 11 is 0. The van der Waals surface area contributed by atoms with E-state index in [1.54, 1.807) is 11.1 Å². The third-order valence-corrected chi connectivity index (χ3v) is 3.54. The summed E-state index contributed by atoms with van der Waals surface area (Å²) in [5.41, 5.74) is 4.78. The van der Waals surface area contributed by atoms with Crippen molar-refractivity contribution >= 4 is 5.69 Å². The Hall–Kier alpha value is -0.980. The fourth-order valence-corrected chi connectivity index (χ4v) is 2.61. The molecule has 14 heavy (non-hydrogen) atoms. The first-order valence-corrected chi connectivity index (χ1v) is 5.69. The second kappa shape index (κ2) is 3.01. The molecular formula is C13H17N. The third kappa shape index (κ3) is 1.23. The molecule has 0 bridgehead atoms. The van der Waals surface area contributed by atoms with Gasteiger partial charge in [-0.15, -0.1) is 0 Å². The molecule has 1 nitrogen and oxygen atoms in total. The van der Waals surface area contributed by atoms with Crippen LogP contribution in [0.4, 0.5) is 5.69 Å². The first-order valence-electron chi connectivity index (χ1n) is 5.69. The first-order chi connectivity index (χ1) is 6.86. The fourth-order valence-electron chi connectivity index (χ4n) is 2.61. The number of rotatable bonds is 1. The maximum Gasteiger partial charge on any atom is 0.0399 e. The largest absolute Gasteiger partial charge is 0.374 e. The molecule has 0 atom stereocenters. The minimum atomic E-state index is 0.899. The SMILES string of the molecule is CN1CCCc2c(C3CC3)cccc21. The minimum Gasteiger partial charge on any atom is -0.374 e. The van der Waals surface area contributed by atoms with Gasteiger partial charge in [-0.25, -0.2) is 0 Å². The normalized spacial score (nSPS) is 20.8. The van der Waals surface area contributed by atoms with E-state index in [9.17, 15) is 0 Å². The van der Waals surface area contributed by atoms with Gasteiger partial charge in [0.2, 0.25) is 0 Å². The highest BCUT2D eigenvalue weighted by molar-refractivity contribution is 5.59. The van der Waals surface area contributed by atoms with Crippen LogP contribution in [0.3, 0.4) is 0 Å². The highest BCUT2D eigenvalue weighted by Crippen LogP contribution is 2.44. The van der Waals surface area contributed by atoms with Gasteiger partial charge in [-0.3, -0.25) is 0 Å². The summed E-state index contributed by atoms with van der Waals surface area (Å²) in [6.07, 6.45) is 5.46. The number of hydrogen-bond acceptors (Lipinski definition) is 1. The Balaban J connectivity index is 2.09. The highest BCUT2D eigenvalue weighted by Gasteiger charge is 2.28. The topological polar surface area (TPSA) is 3.24 Å². The molecule has 1 aromatic carbocycles. The van der Waals surface area contributed by atoms with Crippen molar-refractivity contribution in [2.75, 3.05) is 18.5 Å². The quantitative estimate of drug-likeness (QED) is 0.653. The van der Waals surface area contributed by atoms with E-state index in [1.165, 1.54) is 37.9 Å². The van der Waals surface area contributed by atoms with E-state index in [2.05, 4.69) is 30.1 Å². The van der Waals surface area contributed by atoms with E-state index in [0.29, 0.717) is 0 Å². The van der Waals surface area contributed by atoms with Crippen molar-refractivity contribution in [1.29, 1.82) is 0 Å². The van der Waals surface area contributed by atoms with E-state index in [0.717, 1.165) is 5.92 Å². The predicted octanol–water partition coefficient (Wildman–Crippen LogP) is 2.95. The van der Waals surface area contributed by atoms with Crippen LogP contribution in [0.5, 0.6) is 0 Å². The molecule has 1 aliphatic heterocycles. The summed E-state index contributed by atoms with van der Waals surface area (Å²) in [6.45, 7) is 1.22. The Morgan fingerprint density at radius 1 is 1.29 bits per heavy atom. The maximum absolute atomic E-state index is 2.41. The van der Waals surface area contributed by atoms with Crippen LogP contribution in [-0.4, -0.2) is 13.6 Å². The lowest BCUT2D eigenvalue weighted by Crippen LogP contribution is -2.25. The molecule has 0 aromatic heterocycles. The van der Waals surface area contributed by atoms with Crippen LogP contribution in [0.15, 0.2) is 18.2 Å². The summed E-state index contributed by atoms with van der Waals surface area (Å²) in [5, 5.41) is 0. The van der Waals surface area contributed by atoms with Gasteiger partial charge < -0.3 is 4.90 Å². The number of anilines is 1. The van der Waals surface area contributed by atoms with Gasteiger partial charge in [-0.05, 0) is 48.8 Å². The average molecular weight is 187 g/mol. The number of benzene rings is 1. The van der Waals surface area contributed by atoms with Crippen LogP contribution in [0.2, 0.25) is 0 Å². The van der Waals surface area contributed by atoms with E-state index in [4.69, 9.17) is 0 Å². The van der Waals surface area contributed by atoms with Crippen molar-refractivity contribution in [2.45, 2.75) is 31.6 Å². The first kappa shape index (κ1) is 8.34. The van der Waals surface area contributed by atoms with Gasteiger partial charge in [-0.2, -0.15) is 0 Å². The van der Waals surface area contributed by atoms with Crippen LogP contribution in [0.1, 0.15) is 36.3 Å². The summed E-state index contributed by atoms with van der Waals surface area (Å²) in [6, 6.07) is 6.85. The zero-order valence-electron chi connectivity index (χ0n) is 8.79. The molecule has 0 saturated heterocycles. The molecule has 1 heteroatoms. The molecule has 1 aromatic rings. The Kier molecular flexibility index (Phi) is 1.79. The van der Waals surface area contributed by atoms with E-state index < -0.39 is 0 Å². The van der Waals surface area contributed by atoms with Gasteiger partial charge in [0, 0.05) is 19.3 Å². The molecular weight excluding hydrogens is 170 g/mol. The van der Waals surface area contributed by atoms with Crippen LogP contribution < -0.4 is 4.90 Å². The second-order valence-electron chi connectivity index (χ2n) is 4.64. The van der Waals surface area contributed by atoms with Gasteiger partial charge in [0.15, 0.2) is 0 Å². The summed E-state index contributed by atoms with van der Waals surface area (Å²) in [4.78, 5) is 2.41. The number of hydrogen-bond donors (Lipinski definition) is 0. The van der Waals surface area contributed by atoms with Crippen LogP contribution >= 0.6 is 0 Å². The summed E-state index contributed by atoms with van der Waals surface area (Å²) < 4.78 is 0. The lowest BCUT2D eigenvalue weighted by molar-refractivity contribution is 0.736. The standard InChI is InChI=1S/C13H17N/c1-14-9-3-5-12-11(10-7-8-10)4-2-6-13(12)14/h2,4,6,10H,3,5,7-9H2,1H3. The number of fused-ring (bicyclic) bond motifs is 1. The number of nitrogens with zero attached hydrogens (tertiary/aromatic N) is 1. The lowest BCUT2D eigenvalue weighted by Gasteiger charge is -2.29. The molecule has 0 spiro atoms. The summed E-state index contributed by atoms with van der Waals surface area (Å²) in [5.74, 6) is 0.899. The zero-order chi connectivity index (χ0) is 9.54. The molecule has 1 aliphatic carbocycles. The second-order valence-corrected chi connectivity index (χ2v) is 4.64. The van der Waals surface area contributed by atoms with Gasteiger partial charge in [-0.1, -0.05) is 12.1 Å². The Morgan fingerprint density at radius 2 is 2.14 bits per heavy atom. The minimum absolute atomic E-state index is 0.899. The lowest BCUT2D eigenvalue weighted by atomic mass is 9.94. The monoisotopic (exact) mass is 187 g/mol.